The van der Waals surface area contributed by atoms with Crippen LogP contribution in [0, 0.1) is 0 Å². The van der Waals surface area contributed by atoms with E-state index in [1.165, 1.54) is 4.68 Å². The van der Waals surface area contributed by atoms with Gasteiger partial charge >= 0.3 is 0 Å². The van der Waals surface area contributed by atoms with E-state index < -0.39 is 0 Å². The van der Waals surface area contributed by atoms with E-state index in [1.807, 2.05) is 0 Å². The quantitative estimate of drug-likeness (QED) is 0.685. The summed E-state index contributed by atoms with van der Waals surface area (Å²) in [4.78, 5) is 8.03. The lowest BCUT2D eigenvalue weighted by Crippen LogP contribution is -2.07. The van der Waals surface area contributed by atoms with E-state index in [4.69, 9.17) is 11.6 Å². The molecule has 2 aromatic heterocycles. The van der Waals surface area contributed by atoms with Gasteiger partial charge in [0.2, 0.25) is 0 Å². The standard InChI is InChI=1S/C7H7ClN6/c1-5(8)6-11-12-13-14(6)7-9-3-2-4-10-7/h2-5H,1H3. The predicted octanol–water partition coefficient (Wildman–Crippen LogP) is 0.752. The Kier molecular flexibility index (Phi) is 2.36. The van der Waals surface area contributed by atoms with Crippen molar-refractivity contribution >= 4 is 11.6 Å². The molecule has 0 bridgehead atoms. The molecular weight excluding hydrogens is 204 g/mol. The Balaban J connectivity index is 2.47. The Labute approximate surface area is 84.9 Å². The molecular formula is C7H7ClN6. The van der Waals surface area contributed by atoms with Gasteiger partial charge in [0, 0.05) is 12.4 Å². The minimum Gasteiger partial charge on any atom is -0.220 e. The van der Waals surface area contributed by atoms with E-state index in [-0.39, 0.29) is 5.38 Å². The van der Waals surface area contributed by atoms with Crippen LogP contribution < -0.4 is 0 Å². The average molecular weight is 211 g/mol. The lowest BCUT2D eigenvalue weighted by Gasteiger charge is -2.02. The number of rotatable bonds is 2. The zero-order valence-electron chi connectivity index (χ0n) is 7.37. The first-order chi connectivity index (χ1) is 6.79. The Morgan fingerprint density at radius 1 is 1.36 bits per heavy atom. The van der Waals surface area contributed by atoms with Crippen molar-refractivity contribution in [2.75, 3.05) is 0 Å². The van der Waals surface area contributed by atoms with E-state index in [0.29, 0.717) is 11.8 Å². The highest BCUT2D eigenvalue weighted by Crippen LogP contribution is 2.16. The molecule has 0 saturated heterocycles. The minimum absolute atomic E-state index is 0.284. The van der Waals surface area contributed by atoms with Crippen LogP contribution >= 0.6 is 11.6 Å². The maximum Gasteiger partial charge on any atom is 0.253 e. The first-order valence-electron chi connectivity index (χ1n) is 3.99. The summed E-state index contributed by atoms with van der Waals surface area (Å²) in [6.07, 6.45) is 3.24. The molecule has 0 fully saturated rings. The second kappa shape index (κ2) is 3.67. The summed E-state index contributed by atoms with van der Waals surface area (Å²) in [5.74, 6) is 0.942. The van der Waals surface area contributed by atoms with Gasteiger partial charge in [-0.1, -0.05) is 0 Å². The van der Waals surface area contributed by atoms with E-state index in [2.05, 4.69) is 25.5 Å². The molecule has 0 aromatic carbocycles. The summed E-state index contributed by atoms with van der Waals surface area (Å²) in [6.45, 7) is 1.78. The van der Waals surface area contributed by atoms with Crippen LogP contribution in [0.25, 0.3) is 5.95 Å². The Morgan fingerprint density at radius 3 is 2.71 bits per heavy atom. The molecule has 0 aliphatic carbocycles. The molecule has 0 N–H and O–H groups in total. The highest BCUT2D eigenvalue weighted by atomic mass is 35.5. The fourth-order valence-electron chi connectivity index (χ4n) is 0.985. The molecule has 72 valence electrons. The Morgan fingerprint density at radius 2 is 2.07 bits per heavy atom. The molecule has 0 spiro atoms. The monoisotopic (exact) mass is 210 g/mol. The number of halogens is 1. The number of hydrogen-bond donors (Lipinski definition) is 0. The highest BCUT2D eigenvalue weighted by molar-refractivity contribution is 6.20. The molecule has 2 rings (SSSR count). The van der Waals surface area contributed by atoms with E-state index in [9.17, 15) is 0 Å². The smallest absolute Gasteiger partial charge is 0.220 e. The third kappa shape index (κ3) is 1.56. The molecule has 2 aromatic rings. The van der Waals surface area contributed by atoms with Crippen LogP contribution in [0.3, 0.4) is 0 Å². The van der Waals surface area contributed by atoms with Crippen LogP contribution in [-0.2, 0) is 0 Å². The van der Waals surface area contributed by atoms with Crippen molar-refractivity contribution in [3.63, 3.8) is 0 Å². The van der Waals surface area contributed by atoms with Gasteiger partial charge < -0.3 is 0 Å². The highest BCUT2D eigenvalue weighted by Gasteiger charge is 2.14. The van der Waals surface area contributed by atoms with Crippen molar-refractivity contribution in [2.24, 2.45) is 0 Å². The molecule has 0 amide bonds. The second-order valence-electron chi connectivity index (χ2n) is 2.61. The third-order valence-corrected chi connectivity index (χ3v) is 1.79. The Hall–Kier alpha value is -1.56. The number of aromatic nitrogens is 6. The minimum atomic E-state index is -0.284. The molecule has 1 atom stereocenters. The maximum atomic E-state index is 5.88. The van der Waals surface area contributed by atoms with Gasteiger partial charge in [-0.05, 0) is 23.4 Å². The summed E-state index contributed by atoms with van der Waals surface area (Å²) < 4.78 is 1.41. The molecule has 0 saturated carbocycles. The van der Waals surface area contributed by atoms with E-state index >= 15 is 0 Å². The van der Waals surface area contributed by atoms with Crippen LogP contribution in [0.1, 0.15) is 18.1 Å². The molecule has 6 nitrogen and oxygen atoms in total. The fourth-order valence-corrected chi connectivity index (χ4v) is 1.12. The number of hydrogen-bond acceptors (Lipinski definition) is 5. The van der Waals surface area contributed by atoms with Crippen molar-refractivity contribution in [1.82, 2.24) is 30.2 Å². The van der Waals surface area contributed by atoms with Gasteiger partial charge in [-0.3, -0.25) is 0 Å². The second-order valence-corrected chi connectivity index (χ2v) is 3.27. The summed E-state index contributed by atoms with van der Waals surface area (Å²) in [5, 5.41) is 10.8. The van der Waals surface area contributed by atoms with Crippen molar-refractivity contribution in [3.05, 3.63) is 24.3 Å². The van der Waals surface area contributed by atoms with Crippen molar-refractivity contribution in [1.29, 1.82) is 0 Å². The molecule has 0 aliphatic heterocycles. The summed E-state index contributed by atoms with van der Waals surface area (Å²) in [6, 6.07) is 1.72. The topological polar surface area (TPSA) is 69.4 Å². The lowest BCUT2D eigenvalue weighted by molar-refractivity contribution is 0.718. The van der Waals surface area contributed by atoms with Crippen LogP contribution in [0.2, 0.25) is 0 Å². The van der Waals surface area contributed by atoms with E-state index in [1.54, 1.807) is 25.4 Å². The normalized spacial score (nSPS) is 12.7. The van der Waals surface area contributed by atoms with Gasteiger partial charge in [-0.2, -0.15) is 4.68 Å². The van der Waals surface area contributed by atoms with Crippen LogP contribution in [-0.4, -0.2) is 30.2 Å². The van der Waals surface area contributed by atoms with Crippen LogP contribution in [0.15, 0.2) is 18.5 Å². The van der Waals surface area contributed by atoms with Gasteiger partial charge in [0.1, 0.15) is 0 Å². The van der Waals surface area contributed by atoms with Crippen molar-refractivity contribution in [2.45, 2.75) is 12.3 Å². The molecule has 7 heteroatoms. The molecule has 2 heterocycles. The van der Waals surface area contributed by atoms with E-state index in [0.717, 1.165) is 0 Å². The van der Waals surface area contributed by atoms with Gasteiger partial charge in [-0.15, -0.1) is 16.7 Å². The molecule has 1 unspecified atom stereocenters. The largest absolute Gasteiger partial charge is 0.253 e. The summed E-state index contributed by atoms with van der Waals surface area (Å²) in [7, 11) is 0. The summed E-state index contributed by atoms with van der Waals surface area (Å²) >= 11 is 5.88. The number of alkyl halides is 1. The summed E-state index contributed by atoms with van der Waals surface area (Å²) in [5.41, 5.74) is 0. The van der Waals surface area contributed by atoms with Crippen molar-refractivity contribution < 1.29 is 0 Å². The lowest BCUT2D eigenvalue weighted by atomic mass is 10.4. The average Bonchev–Trinajstić information content (AvgIpc) is 2.67. The van der Waals surface area contributed by atoms with Crippen molar-refractivity contribution in [3.8, 4) is 5.95 Å². The molecule has 0 radical (unpaired) electrons. The SMILES string of the molecule is CC(Cl)c1nnnn1-c1ncccn1. The van der Waals surface area contributed by atoms with Gasteiger partial charge in [-0.25, -0.2) is 9.97 Å². The third-order valence-electron chi connectivity index (χ3n) is 1.59. The first-order valence-corrected chi connectivity index (χ1v) is 4.42. The fraction of sp³-hybridized carbons (Fsp3) is 0.286. The molecule has 14 heavy (non-hydrogen) atoms. The maximum absolute atomic E-state index is 5.88. The number of nitrogens with zero attached hydrogens (tertiary/aromatic N) is 6. The zero-order valence-corrected chi connectivity index (χ0v) is 8.13. The van der Waals surface area contributed by atoms with Gasteiger partial charge in [0.05, 0.1) is 5.38 Å². The zero-order chi connectivity index (χ0) is 9.97. The number of tetrazole rings is 1. The van der Waals surface area contributed by atoms with Crippen LogP contribution in [0.4, 0.5) is 0 Å². The predicted molar refractivity (Wildman–Crippen MR) is 49.0 cm³/mol. The molecule has 0 aliphatic rings. The first kappa shape index (κ1) is 9.01. The Bertz CT molecular complexity index is 411. The van der Waals surface area contributed by atoms with Gasteiger partial charge in [0.25, 0.3) is 5.95 Å². The van der Waals surface area contributed by atoms with Gasteiger partial charge in [0.15, 0.2) is 5.82 Å². The van der Waals surface area contributed by atoms with Crippen LogP contribution in [0.5, 0.6) is 0 Å².